The van der Waals surface area contributed by atoms with E-state index in [0.717, 1.165) is 7.11 Å². The minimum atomic E-state index is -4.01. The van der Waals surface area contributed by atoms with Gasteiger partial charge in [0.15, 0.2) is 11.3 Å². The van der Waals surface area contributed by atoms with E-state index in [2.05, 4.69) is 19.8 Å². The zero-order chi connectivity index (χ0) is 27.6. The molecule has 2 aromatic heterocycles. The monoisotopic (exact) mass is 544 g/mol. The minimum absolute atomic E-state index is 0.114. The number of sulfonamides is 1. The highest BCUT2D eigenvalue weighted by atomic mass is 32.2. The smallest absolute Gasteiger partial charge is 0.437 e. The molecule has 2 aromatic carbocycles. The molecule has 0 saturated carbocycles. The number of oxazole rings is 1. The third kappa shape index (κ3) is 5.41. The molecule has 38 heavy (non-hydrogen) atoms. The van der Waals surface area contributed by atoms with Gasteiger partial charge in [-0.3, -0.25) is 9.59 Å². The van der Waals surface area contributed by atoms with Gasteiger partial charge in [-0.1, -0.05) is 6.07 Å². The lowest BCUT2D eigenvalue weighted by atomic mass is 10.2. The van der Waals surface area contributed by atoms with Crippen LogP contribution in [0.4, 0.5) is 16.5 Å². The van der Waals surface area contributed by atoms with Gasteiger partial charge in [-0.15, -0.1) is 0 Å². The van der Waals surface area contributed by atoms with Crippen LogP contribution < -0.4 is 26.1 Å². The highest BCUT2D eigenvalue weighted by Gasteiger charge is 2.20. The molecule has 2 N–H and O–H groups in total. The second-order valence-electron chi connectivity index (χ2n) is 7.79. The number of rotatable bonds is 7. The Morgan fingerprint density at radius 2 is 1.76 bits per heavy atom. The third-order valence-corrected chi connectivity index (χ3v) is 6.56. The van der Waals surface area contributed by atoms with E-state index in [-0.39, 0.29) is 33.3 Å². The van der Waals surface area contributed by atoms with Crippen LogP contribution in [0.2, 0.25) is 0 Å². The van der Waals surface area contributed by atoms with E-state index in [4.69, 9.17) is 13.6 Å². The lowest BCUT2D eigenvalue weighted by Crippen LogP contribution is -2.36. The maximum Gasteiger partial charge on any atom is 0.513 e. The predicted octanol–water partition coefficient (Wildman–Crippen LogP) is 2.14. The SMILES string of the molecule is COC(=O)Oc1cccc2c(=O)n(CC(=O)Nc3ccc(S(=O)(=O)Nc4nc(C)c(C)o4)cc3)c(=O)oc12. The molecule has 2 heterocycles. The van der Waals surface area contributed by atoms with E-state index in [1.165, 1.54) is 42.5 Å². The van der Waals surface area contributed by atoms with Gasteiger partial charge in [0.1, 0.15) is 12.3 Å². The van der Waals surface area contributed by atoms with Crippen molar-refractivity contribution in [2.24, 2.45) is 0 Å². The number of nitrogens with one attached hydrogen (secondary N) is 2. The molecule has 0 aliphatic rings. The Labute approximate surface area is 213 Å². The van der Waals surface area contributed by atoms with Gasteiger partial charge in [-0.05, 0) is 50.2 Å². The van der Waals surface area contributed by atoms with Gasteiger partial charge >= 0.3 is 17.9 Å². The number of para-hydroxylation sites is 1. The van der Waals surface area contributed by atoms with Gasteiger partial charge in [-0.2, -0.15) is 4.98 Å². The molecule has 198 valence electrons. The average Bonchev–Trinajstić information content (AvgIpc) is 3.18. The highest BCUT2D eigenvalue weighted by molar-refractivity contribution is 7.92. The molecule has 0 spiro atoms. The van der Waals surface area contributed by atoms with Crippen molar-refractivity contribution < 1.29 is 36.3 Å². The zero-order valence-corrected chi connectivity index (χ0v) is 21.0. The molecule has 0 fully saturated rings. The van der Waals surface area contributed by atoms with Gasteiger partial charge < -0.3 is 23.6 Å². The number of amides is 1. The maximum absolute atomic E-state index is 12.8. The Morgan fingerprint density at radius 1 is 1.05 bits per heavy atom. The van der Waals surface area contributed by atoms with E-state index in [0.29, 0.717) is 16.0 Å². The van der Waals surface area contributed by atoms with E-state index in [1.54, 1.807) is 13.8 Å². The van der Waals surface area contributed by atoms with Crippen molar-refractivity contribution in [2.75, 3.05) is 17.1 Å². The molecule has 4 aromatic rings. The molecule has 0 bridgehead atoms. The number of carbonyl (C=O) groups excluding carboxylic acids is 2. The number of carbonyl (C=O) groups is 2. The summed E-state index contributed by atoms with van der Waals surface area (Å²) in [6, 6.07) is 8.95. The molecule has 0 aliphatic heterocycles. The number of methoxy groups -OCH3 is 1. The van der Waals surface area contributed by atoms with Crippen LogP contribution in [0.3, 0.4) is 0 Å². The van der Waals surface area contributed by atoms with Crippen molar-refractivity contribution >= 4 is 44.8 Å². The molecule has 4 rings (SSSR count). The largest absolute Gasteiger partial charge is 0.513 e. The lowest BCUT2D eigenvalue weighted by molar-refractivity contribution is -0.116. The standard InChI is InChI=1S/C23H20N4O10S/c1-12-13(2)35-21(24-12)26-38(32,33)15-9-7-14(8-10-15)25-18(28)11-27-20(29)16-5-4-6-17(36-23(31)34-3)19(16)37-22(27)30/h4-10H,11H2,1-3H3,(H,24,26)(H,25,28). The highest BCUT2D eigenvalue weighted by Crippen LogP contribution is 2.23. The first-order chi connectivity index (χ1) is 18.0. The first-order valence-corrected chi connectivity index (χ1v) is 12.3. The van der Waals surface area contributed by atoms with Crippen molar-refractivity contribution in [3.8, 4) is 5.75 Å². The number of hydrogen-bond acceptors (Lipinski definition) is 11. The quantitative estimate of drug-likeness (QED) is 0.256. The number of anilines is 2. The van der Waals surface area contributed by atoms with Crippen LogP contribution in [0, 0.1) is 13.8 Å². The molecule has 1 amide bonds. The molecule has 14 nitrogen and oxygen atoms in total. The van der Waals surface area contributed by atoms with Gasteiger partial charge in [0.2, 0.25) is 5.91 Å². The summed E-state index contributed by atoms with van der Waals surface area (Å²) in [6.07, 6.45) is -1.08. The first kappa shape index (κ1) is 26.2. The van der Waals surface area contributed by atoms with Crippen LogP contribution in [0.1, 0.15) is 11.5 Å². The van der Waals surface area contributed by atoms with Gasteiger partial charge in [0, 0.05) is 5.69 Å². The molecule has 0 saturated heterocycles. The molecular formula is C23H20N4O10S. The Morgan fingerprint density at radius 3 is 2.39 bits per heavy atom. The number of fused-ring (bicyclic) bond motifs is 1. The summed E-state index contributed by atoms with van der Waals surface area (Å²) in [5.74, 6) is -1.67. The Bertz CT molecular complexity index is 1750. The maximum atomic E-state index is 12.8. The number of aryl methyl sites for hydroxylation is 2. The topological polar surface area (TPSA) is 189 Å². The van der Waals surface area contributed by atoms with Crippen molar-refractivity contribution in [1.29, 1.82) is 0 Å². The van der Waals surface area contributed by atoms with Gasteiger partial charge in [0.05, 0.1) is 23.1 Å². The summed E-state index contributed by atoms with van der Waals surface area (Å²) in [5.41, 5.74) is -0.407. The summed E-state index contributed by atoms with van der Waals surface area (Å²) < 4.78 is 47.5. The summed E-state index contributed by atoms with van der Waals surface area (Å²) in [6.45, 7) is 2.61. The number of nitrogens with zero attached hydrogens (tertiary/aromatic N) is 2. The van der Waals surface area contributed by atoms with Crippen LogP contribution in [-0.4, -0.2) is 37.1 Å². The molecular weight excluding hydrogens is 524 g/mol. The van der Waals surface area contributed by atoms with Gasteiger partial charge in [-0.25, -0.2) is 27.3 Å². The zero-order valence-electron chi connectivity index (χ0n) is 20.1. The summed E-state index contributed by atoms with van der Waals surface area (Å²) >= 11 is 0. The van der Waals surface area contributed by atoms with E-state index in [9.17, 15) is 27.6 Å². The fraction of sp³-hybridized carbons (Fsp3) is 0.174. The Hall–Kier alpha value is -4.92. The van der Waals surface area contributed by atoms with Crippen LogP contribution >= 0.6 is 0 Å². The van der Waals surface area contributed by atoms with Crippen molar-refractivity contribution in [2.45, 2.75) is 25.3 Å². The molecule has 15 heteroatoms. The molecule has 0 atom stereocenters. The minimum Gasteiger partial charge on any atom is -0.437 e. The van der Waals surface area contributed by atoms with Crippen molar-refractivity contribution in [3.05, 3.63) is 74.8 Å². The third-order valence-electron chi connectivity index (χ3n) is 5.22. The molecule has 0 aliphatic carbocycles. The lowest BCUT2D eigenvalue weighted by Gasteiger charge is -2.09. The number of hydrogen-bond donors (Lipinski definition) is 2. The predicted molar refractivity (Wildman–Crippen MR) is 132 cm³/mol. The van der Waals surface area contributed by atoms with Crippen molar-refractivity contribution in [1.82, 2.24) is 9.55 Å². The summed E-state index contributed by atoms with van der Waals surface area (Å²) in [7, 11) is -2.93. The van der Waals surface area contributed by atoms with Crippen LogP contribution in [0.25, 0.3) is 11.0 Å². The summed E-state index contributed by atoms with van der Waals surface area (Å²) in [5, 5.41) is 2.35. The van der Waals surface area contributed by atoms with Crippen LogP contribution in [-0.2, 0) is 26.1 Å². The fourth-order valence-corrected chi connectivity index (χ4v) is 4.19. The van der Waals surface area contributed by atoms with Gasteiger partial charge in [0.25, 0.3) is 15.6 Å². The number of aromatic nitrogens is 2. The normalized spacial score (nSPS) is 11.2. The Balaban J connectivity index is 1.50. The van der Waals surface area contributed by atoms with Crippen LogP contribution in [0.5, 0.6) is 5.75 Å². The number of benzene rings is 2. The second kappa shape index (κ2) is 10.2. The van der Waals surface area contributed by atoms with Crippen molar-refractivity contribution in [3.63, 3.8) is 0 Å². The van der Waals surface area contributed by atoms with E-state index < -0.39 is 39.9 Å². The average molecular weight is 544 g/mol. The first-order valence-electron chi connectivity index (χ1n) is 10.8. The van der Waals surface area contributed by atoms with E-state index >= 15 is 0 Å². The number of ether oxygens (including phenoxy) is 2. The second-order valence-corrected chi connectivity index (χ2v) is 9.47. The summed E-state index contributed by atoms with van der Waals surface area (Å²) in [4.78, 5) is 53.1. The molecule has 0 radical (unpaired) electrons. The fourth-order valence-electron chi connectivity index (χ4n) is 3.26. The molecule has 0 unspecified atom stereocenters. The Kier molecular flexibility index (Phi) is 7.03. The van der Waals surface area contributed by atoms with Crippen LogP contribution in [0.15, 0.2) is 65.8 Å². The van der Waals surface area contributed by atoms with E-state index in [1.807, 2.05) is 0 Å².